The van der Waals surface area contributed by atoms with Crippen molar-refractivity contribution in [2.75, 3.05) is 6.54 Å². The van der Waals surface area contributed by atoms with E-state index in [-0.39, 0.29) is 12.1 Å². The van der Waals surface area contributed by atoms with Gasteiger partial charge in [0.25, 0.3) is 0 Å². The predicted molar refractivity (Wildman–Crippen MR) is 42.6 cm³/mol. The lowest BCUT2D eigenvalue weighted by Gasteiger charge is -2.09. The van der Waals surface area contributed by atoms with Crippen molar-refractivity contribution in [3.8, 4) is 0 Å². The Bertz CT molecular complexity index is 272. The molecule has 1 aliphatic rings. The van der Waals surface area contributed by atoms with E-state index in [1.807, 2.05) is 0 Å². The second-order valence-electron chi connectivity index (χ2n) is 3.07. The van der Waals surface area contributed by atoms with Crippen molar-refractivity contribution >= 4 is 0 Å². The van der Waals surface area contributed by atoms with Crippen molar-refractivity contribution in [1.29, 1.82) is 0 Å². The van der Waals surface area contributed by atoms with Gasteiger partial charge in [0.2, 0.25) is 0 Å². The number of hydrogen-bond donors (Lipinski definition) is 2. The van der Waals surface area contributed by atoms with E-state index in [0.29, 0.717) is 5.89 Å². The van der Waals surface area contributed by atoms with E-state index in [1.54, 1.807) is 13.1 Å². The number of nitrogens with one attached hydrogen (secondary N) is 1. The van der Waals surface area contributed by atoms with Gasteiger partial charge in [0.05, 0.1) is 18.3 Å². The monoisotopic (exact) mass is 168 g/mol. The SMILES string of the molecule is Cc1ncc(C2NCCC2O)o1. The number of aliphatic hydroxyl groups excluding tert-OH is 1. The molecule has 0 spiro atoms. The van der Waals surface area contributed by atoms with Gasteiger partial charge in [0.15, 0.2) is 5.89 Å². The number of aromatic nitrogens is 1. The van der Waals surface area contributed by atoms with Gasteiger partial charge in [-0.25, -0.2) is 4.98 Å². The quantitative estimate of drug-likeness (QED) is 0.636. The number of oxazole rings is 1. The first kappa shape index (κ1) is 7.76. The summed E-state index contributed by atoms with van der Waals surface area (Å²) in [5.74, 6) is 1.38. The highest BCUT2D eigenvalue weighted by atomic mass is 16.4. The molecule has 2 rings (SSSR count). The summed E-state index contributed by atoms with van der Waals surface area (Å²) < 4.78 is 5.30. The second kappa shape index (κ2) is 2.88. The smallest absolute Gasteiger partial charge is 0.191 e. The minimum atomic E-state index is -0.336. The molecule has 0 aromatic carbocycles. The molecular weight excluding hydrogens is 156 g/mol. The molecule has 0 radical (unpaired) electrons. The third kappa shape index (κ3) is 1.23. The molecule has 4 nitrogen and oxygen atoms in total. The molecule has 2 heterocycles. The van der Waals surface area contributed by atoms with E-state index >= 15 is 0 Å². The molecule has 4 heteroatoms. The molecule has 1 fully saturated rings. The van der Waals surface area contributed by atoms with Crippen molar-refractivity contribution in [3.05, 3.63) is 17.8 Å². The highest BCUT2D eigenvalue weighted by molar-refractivity contribution is 5.05. The van der Waals surface area contributed by atoms with Gasteiger partial charge in [-0.3, -0.25) is 0 Å². The zero-order chi connectivity index (χ0) is 8.55. The van der Waals surface area contributed by atoms with E-state index in [1.165, 1.54) is 0 Å². The normalized spacial score (nSPS) is 29.5. The van der Waals surface area contributed by atoms with Gasteiger partial charge in [-0.1, -0.05) is 0 Å². The van der Waals surface area contributed by atoms with Crippen LogP contribution < -0.4 is 5.32 Å². The van der Waals surface area contributed by atoms with Crippen LogP contribution in [0, 0.1) is 6.92 Å². The Morgan fingerprint density at radius 1 is 1.75 bits per heavy atom. The fourth-order valence-electron chi connectivity index (χ4n) is 1.50. The molecule has 66 valence electrons. The van der Waals surface area contributed by atoms with Crippen molar-refractivity contribution in [2.24, 2.45) is 0 Å². The summed E-state index contributed by atoms with van der Waals surface area (Å²) in [6.07, 6.45) is 2.11. The lowest BCUT2D eigenvalue weighted by molar-refractivity contribution is 0.149. The van der Waals surface area contributed by atoms with Gasteiger partial charge in [0, 0.05) is 6.92 Å². The summed E-state index contributed by atoms with van der Waals surface area (Å²) >= 11 is 0. The van der Waals surface area contributed by atoms with Gasteiger partial charge in [-0.2, -0.15) is 0 Å². The van der Waals surface area contributed by atoms with Crippen molar-refractivity contribution in [2.45, 2.75) is 25.5 Å². The summed E-state index contributed by atoms with van der Waals surface area (Å²) in [5.41, 5.74) is 0. The lowest BCUT2D eigenvalue weighted by atomic mass is 10.1. The second-order valence-corrected chi connectivity index (χ2v) is 3.07. The third-order valence-corrected chi connectivity index (χ3v) is 2.13. The zero-order valence-corrected chi connectivity index (χ0v) is 6.95. The number of hydrogen-bond acceptors (Lipinski definition) is 4. The summed E-state index contributed by atoms with van der Waals surface area (Å²) in [6, 6.07) is -0.0637. The first-order valence-electron chi connectivity index (χ1n) is 4.11. The predicted octanol–water partition coefficient (Wildman–Crippen LogP) is 0.378. The first-order valence-corrected chi connectivity index (χ1v) is 4.11. The van der Waals surface area contributed by atoms with E-state index in [0.717, 1.165) is 18.7 Å². The number of nitrogens with zero attached hydrogens (tertiary/aromatic N) is 1. The van der Waals surface area contributed by atoms with E-state index in [4.69, 9.17) is 4.42 Å². The van der Waals surface area contributed by atoms with Gasteiger partial charge >= 0.3 is 0 Å². The number of aryl methyl sites for hydroxylation is 1. The van der Waals surface area contributed by atoms with Crippen LogP contribution in [0.25, 0.3) is 0 Å². The van der Waals surface area contributed by atoms with E-state index in [9.17, 15) is 5.11 Å². The average molecular weight is 168 g/mol. The minimum absolute atomic E-state index is 0.0637. The standard InChI is InChI=1S/C8H12N2O2/c1-5-10-4-7(12-5)8-6(11)2-3-9-8/h4,6,8-9,11H,2-3H2,1H3. The fraction of sp³-hybridized carbons (Fsp3) is 0.625. The molecule has 1 aromatic heterocycles. The highest BCUT2D eigenvalue weighted by Gasteiger charge is 2.28. The average Bonchev–Trinajstić information content (AvgIpc) is 2.58. The van der Waals surface area contributed by atoms with Crippen LogP contribution in [0.5, 0.6) is 0 Å². The van der Waals surface area contributed by atoms with Crippen LogP contribution in [0.1, 0.15) is 24.1 Å². The maximum atomic E-state index is 9.50. The van der Waals surface area contributed by atoms with Crippen LogP contribution in [0.15, 0.2) is 10.6 Å². The van der Waals surface area contributed by atoms with Gasteiger partial charge in [-0.05, 0) is 13.0 Å². The Labute approximate surface area is 70.6 Å². The van der Waals surface area contributed by atoms with Crippen LogP contribution >= 0.6 is 0 Å². The van der Waals surface area contributed by atoms with Crippen LogP contribution in [0.2, 0.25) is 0 Å². The zero-order valence-electron chi connectivity index (χ0n) is 6.95. The molecule has 0 amide bonds. The van der Waals surface area contributed by atoms with E-state index < -0.39 is 0 Å². The maximum absolute atomic E-state index is 9.50. The molecule has 12 heavy (non-hydrogen) atoms. The van der Waals surface area contributed by atoms with Gasteiger partial charge in [0.1, 0.15) is 5.76 Å². The highest BCUT2D eigenvalue weighted by Crippen LogP contribution is 2.23. The molecule has 2 atom stereocenters. The van der Waals surface area contributed by atoms with Gasteiger partial charge in [-0.15, -0.1) is 0 Å². The molecule has 0 bridgehead atoms. The van der Waals surface area contributed by atoms with Crippen molar-refractivity contribution < 1.29 is 9.52 Å². The van der Waals surface area contributed by atoms with Gasteiger partial charge < -0.3 is 14.8 Å². The number of rotatable bonds is 1. The Morgan fingerprint density at radius 3 is 3.08 bits per heavy atom. The van der Waals surface area contributed by atoms with Crippen LogP contribution in [0.3, 0.4) is 0 Å². The summed E-state index contributed by atoms with van der Waals surface area (Å²) in [7, 11) is 0. The Balaban J connectivity index is 2.19. The summed E-state index contributed by atoms with van der Waals surface area (Å²) in [5, 5.41) is 12.7. The summed E-state index contributed by atoms with van der Waals surface area (Å²) in [6.45, 7) is 2.64. The fourth-order valence-corrected chi connectivity index (χ4v) is 1.50. The van der Waals surface area contributed by atoms with Crippen LogP contribution in [-0.4, -0.2) is 22.7 Å². The Morgan fingerprint density at radius 2 is 2.58 bits per heavy atom. The molecule has 0 aliphatic carbocycles. The molecule has 1 saturated heterocycles. The molecule has 1 aromatic rings. The van der Waals surface area contributed by atoms with Crippen molar-refractivity contribution in [1.82, 2.24) is 10.3 Å². The summed E-state index contributed by atoms with van der Waals surface area (Å²) in [4.78, 5) is 3.98. The van der Waals surface area contributed by atoms with Crippen LogP contribution in [0.4, 0.5) is 0 Å². The molecule has 2 N–H and O–H groups in total. The maximum Gasteiger partial charge on any atom is 0.191 e. The molecule has 0 saturated carbocycles. The lowest BCUT2D eigenvalue weighted by Crippen LogP contribution is -2.20. The largest absolute Gasteiger partial charge is 0.444 e. The molecule has 1 aliphatic heterocycles. The van der Waals surface area contributed by atoms with Crippen molar-refractivity contribution in [3.63, 3.8) is 0 Å². The topological polar surface area (TPSA) is 58.3 Å². The van der Waals surface area contributed by atoms with Crippen LogP contribution in [-0.2, 0) is 0 Å². The van der Waals surface area contributed by atoms with E-state index in [2.05, 4.69) is 10.3 Å². The third-order valence-electron chi connectivity index (χ3n) is 2.13. The minimum Gasteiger partial charge on any atom is -0.444 e. The number of aliphatic hydroxyl groups is 1. The molecular formula is C8H12N2O2. The molecule has 2 unspecified atom stereocenters. The Kier molecular flexibility index (Phi) is 1.86. The Hall–Kier alpha value is -0.870. The first-order chi connectivity index (χ1) is 5.77.